The molecule has 26 heavy (non-hydrogen) atoms. The van der Waals surface area contributed by atoms with Gasteiger partial charge in [0, 0.05) is 25.3 Å². The number of anilines is 1. The molecule has 1 saturated heterocycles. The minimum Gasteiger partial charge on any atom is -0.355 e. The van der Waals surface area contributed by atoms with E-state index >= 15 is 0 Å². The molecule has 0 radical (unpaired) electrons. The highest BCUT2D eigenvalue weighted by Gasteiger charge is 2.38. The van der Waals surface area contributed by atoms with Crippen molar-refractivity contribution in [2.45, 2.75) is 44.3 Å². The van der Waals surface area contributed by atoms with E-state index in [0.29, 0.717) is 31.8 Å². The Morgan fingerprint density at radius 2 is 2.12 bits per heavy atom. The first-order chi connectivity index (χ1) is 12.4. The van der Waals surface area contributed by atoms with Gasteiger partial charge in [-0.3, -0.25) is 4.79 Å². The Morgan fingerprint density at radius 1 is 1.31 bits per heavy atom. The van der Waals surface area contributed by atoms with Gasteiger partial charge >= 0.3 is 6.18 Å². The van der Waals surface area contributed by atoms with Crippen LogP contribution in [0.1, 0.15) is 37.7 Å². The molecule has 1 saturated carbocycles. The first kappa shape index (κ1) is 18.9. The molecule has 1 aliphatic heterocycles. The molecular formula is C18H25F3N4O. The molecule has 3 atom stereocenters. The maximum atomic E-state index is 13.3. The van der Waals surface area contributed by atoms with Crippen molar-refractivity contribution in [1.29, 1.82) is 0 Å². The Labute approximate surface area is 151 Å². The zero-order valence-corrected chi connectivity index (χ0v) is 14.6. The van der Waals surface area contributed by atoms with Gasteiger partial charge in [-0.2, -0.15) is 13.2 Å². The number of alkyl halides is 3. The molecule has 1 aromatic rings. The third kappa shape index (κ3) is 4.11. The summed E-state index contributed by atoms with van der Waals surface area (Å²) in [5, 5.41) is 3.08. The third-order valence-corrected chi connectivity index (χ3v) is 5.47. The topological polar surface area (TPSA) is 71.2 Å². The molecule has 1 aliphatic carbocycles. The summed E-state index contributed by atoms with van der Waals surface area (Å²) in [7, 11) is 0. The Hall–Kier alpha value is -1.83. The van der Waals surface area contributed by atoms with Gasteiger partial charge in [0.05, 0.1) is 11.5 Å². The summed E-state index contributed by atoms with van der Waals surface area (Å²) in [6.45, 7) is 1.27. The molecule has 5 nitrogen and oxygen atoms in total. The molecule has 0 aromatic carbocycles. The number of hydrogen-bond acceptors (Lipinski definition) is 4. The number of nitrogens with zero attached hydrogens (tertiary/aromatic N) is 2. The summed E-state index contributed by atoms with van der Waals surface area (Å²) in [6.07, 6.45) is 1.22. The smallest absolute Gasteiger partial charge is 0.355 e. The maximum Gasteiger partial charge on any atom is 0.419 e. The second-order valence-corrected chi connectivity index (χ2v) is 7.20. The van der Waals surface area contributed by atoms with Gasteiger partial charge < -0.3 is 16.0 Å². The van der Waals surface area contributed by atoms with E-state index in [1.165, 1.54) is 12.3 Å². The highest BCUT2D eigenvalue weighted by Crippen LogP contribution is 2.36. The van der Waals surface area contributed by atoms with E-state index in [2.05, 4.69) is 10.3 Å². The number of amides is 1. The molecule has 8 heteroatoms. The number of halogens is 3. The van der Waals surface area contributed by atoms with Crippen molar-refractivity contribution in [3.8, 4) is 0 Å². The molecule has 0 bridgehead atoms. The second-order valence-electron chi connectivity index (χ2n) is 7.20. The molecule has 0 unspecified atom stereocenters. The van der Waals surface area contributed by atoms with E-state index in [4.69, 9.17) is 5.73 Å². The highest BCUT2D eigenvalue weighted by atomic mass is 19.4. The average Bonchev–Trinajstić information content (AvgIpc) is 3.08. The quantitative estimate of drug-likeness (QED) is 0.855. The highest BCUT2D eigenvalue weighted by molar-refractivity contribution is 5.80. The van der Waals surface area contributed by atoms with Crippen LogP contribution in [0.2, 0.25) is 0 Å². The summed E-state index contributed by atoms with van der Waals surface area (Å²) >= 11 is 0. The summed E-state index contributed by atoms with van der Waals surface area (Å²) in [6, 6.07) is 2.41. The molecule has 1 aromatic heterocycles. The van der Waals surface area contributed by atoms with E-state index in [-0.39, 0.29) is 30.2 Å². The lowest BCUT2D eigenvalue weighted by Gasteiger charge is -2.35. The SMILES string of the molecule is NC[C@@H]1CCC[C@@H]1NC(=O)[C@@H]1CCCN(c2ncccc2C(F)(F)F)C1. The van der Waals surface area contributed by atoms with Crippen molar-refractivity contribution in [1.82, 2.24) is 10.3 Å². The Morgan fingerprint density at radius 3 is 2.85 bits per heavy atom. The predicted molar refractivity (Wildman–Crippen MR) is 92.5 cm³/mol. The molecule has 3 rings (SSSR count). The molecule has 2 heterocycles. The molecule has 144 valence electrons. The summed E-state index contributed by atoms with van der Waals surface area (Å²) in [5.41, 5.74) is 5.01. The standard InChI is InChI=1S/C18H25F3N4O/c19-18(20,21)14-6-2-8-23-16(14)25-9-3-5-13(11-25)17(26)24-15-7-1-4-12(15)10-22/h2,6,8,12-13,15H,1,3-5,7,9-11,22H2,(H,24,26)/t12-,13+,15-/m0/s1. The normalized spacial score (nSPS) is 26.8. The minimum absolute atomic E-state index is 0.0791. The van der Waals surface area contributed by atoms with Crippen LogP contribution in [0.3, 0.4) is 0 Å². The lowest BCUT2D eigenvalue weighted by Crippen LogP contribution is -2.48. The molecule has 1 amide bonds. The number of aromatic nitrogens is 1. The summed E-state index contributed by atoms with van der Waals surface area (Å²) < 4.78 is 39.8. The zero-order valence-electron chi connectivity index (χ0n) is 14.6. The molecule has 0 spiro atoms. The Bertz CT molecular complexity index is 637. The molecular weight excluding hydrogens is 345 g/mol. The summed E-state index contributed by atoms with van der Waals surface area (Å²) in [5.74, 6) is -0.195. The second kappa shape index (κ2) is 7.82. The number of carbonyl (C=O) groups is 1. The first-order valence-corrected chi connectivity index (χ1v) is 9.17. The maximum absolute atomic E-state index is 13.3. The van der Waals surface area contributed by atoms with Gasteiger partial charge in [-0.1, -0.05) is 6.42 Å². The van der Waals surface area contributed by atoms with E-state index in [9.17, 15) is 18.0 Å². The minimum atomic E-state index is -4.46. The average molecular weight is 370 g/mol. The Balaban J connectivity index is 1.69. The van der Waals surface area contributed by atoms with Gasteiger partial charge in [0.15, 0.2) is 0 Å². The monoisotopic (exact) mass is 370 g/mol. The number of piperidine rings is 1. The Kier molecular flexibility index (Phi) is 5.70. The van der Waals surface area contributed by atoms with Crippen molar-refractivity contribution >= 4 is 11.7 Å². The van der Waals surface area contributed by atoms with Crippen LogP contribution in [0.4, 0.5) is 19.0 Å². The van der Waals surface area contributed by atoms with Crippen LogP contribution < -0.4 is 16.0 Å². The number of nitrogens with two attached hydrogens (primary N) is 1. The molecule has 3 N–H and O–H groups in total. The largest absolute Gasteiger partial charge is 0.419 e. The van der Waals surface area contributed by atoms with Crippen LogP contribution in [-0.2, 0) is 11.0 Å². The van der Waals surface area contributed by atoms with Crippen molar-refractivity contribution in [2.24, 2.45) is 17.6 Å². The van der Waals surface area contributed by atoms with Crippen molar-refractivity contribution in [3.63, 3.8) is 0 Å². The lowest BCUT2D eigenvalue weighted by atomic mass is 9.95. The molecule has 2 fully saturated rings. The van der Waals surface area contributed by atoms with Crippen LogP contribution in [0, 0.1) is 11.8 Å². The van der Waals surface area contributed by atoms with E-state index in [0.717, 1.165) is 25.3 Å². The zero-order chi connectivity index (χ0) is 18.7. The number of carbonyl (C=O) groups excluding carboxylic acids is 1. The first-order valence-electron chi connectivity index (χ1n) is 9.17. The number of nitrogens with one attached hydrogen (secondary N) is 1. The van der Waals surface area contributed by atoms with Gasteiger partial charge in [-0.05, 0) is 50.3 Å². The van der Waals surface area contributed by atoms with Gasteiger partial charge in [0.2, 0.25) is 5.91 Å². The molecule has 2 aliphatic rings. The predicted octanol–water partition coefficient (Wildman–Crippen LogP) is 2.56. The van der Waals surface area contributed by atoms with E-state index in [1.54, 1.807) is 4.90 Å². The van der Waals surface area contributed by atoms with Crippen LogP contribution in [0.15, 0.2) is 18.3 Å². The van der Waals surface area contributed by atoms with Crippen LogP contribution >= 0.6 is 0 Å². The fraction of sp³-hybridized carbons (Fsp3) is 0.667. The van der Waals surface area contributed by atoms with Gasteiger partial charge in [0.1, 0.15) is 5.82 Å². The van der Waals surface area contributed by atoms with Crippen LogP contribution in [0.5, 0.6) is 0 Å². The van der Waals surface area contributed by atoms with Gasteiger partial charge in [-0.25, -0.2) is 4.98 Å². The van der Waals surface area contributed by atoms with Crippen molar-refractivity contribution < 1.29 is 18.0 Å². The number of pyridine rings is 1. The van der Waals surface area contributed by atoms with Crippen LogP contribution in [-0.4, -0.2) is 36.6 Å². The van der Waals surface area contributed by atoms with E-state index < -0.39 is 11.7 Å². The fourth-order valence-corrected chi connectivity index (χ4v) is 4.06. The van der Waals surface area contributed by atoms with Crippen LogP contribution in [0.25, 0.3) is 0 Å². The number of hydrogen-bond donors (Lipinski definition) is 2. The third-order valence-electron chi connectivity index (χ3n) is 5.47. The van der Waals surface area contributed by atoms with Gasteiger partial charge in [0.25, 0.3) is 0 Å². The van der Waals surface area contributed by atoms with Crippen molar-refractivity contribution in [2.75, 3.05) is 24.5 Å². The van der Waals surface area contributed by atoms with Crippen molar-refractivity contribution in [3.05, 3.63) is 23.9 Å². The van der Waals surface area contributed by atoms with Gasteiger partial charge in [-0.15, -0.1) is 0 Å². The fourth-order valence-electron chi connectivity index (χ4n) is 4.06. The summed E-state index contributed by atoms with van der Waals surface area (Å²) in [4.78, 5) is 18.2. The van der Waals surface area contributed by atoms with E-state index in [1.807, 2.05) is 0 Å². The number of rotatable bonds is 4. The lowest BCUT2D eigenvalue weighted by molar-refractivity contribution is -0.137.